The second-order valence-corrected chi connectivity index (χ2v) is 7.76. The van der Waals surface area contributed by atoms with E-state index in [0.717, 1.165) is 11.4 Å². The molecule has 1 heterocycles. The minimum absolute atomic E-state index is 0.0294. The first-order valence-corrected chi connectivity index (χ1v) is 10.9. The molecule has 166 valence electrons. The van der Waals surface area contributed by atoms with Crippen molar-refractivity contribution in [3.63, 3.8) is 0 Å². The van der Waals surface area contributed by atoms with Gasteiger partial charge in [-0.25, -0.2) is 0 Å². The van der Waals surface area contributed by atoms with Crippen LogP contribution in [-0.2, 0) is 9.59 Å². The van der Waals surface area contributed by atoms with Crippen LogP contribution in [0.3, 0.4) is 0 Å². The molecule has 1 aliphatic rings. The van der Waals surface area contributed by atoms with E-state index in [4.69, 9.17) is 5.26 Å². The first-order chi connectivity index (χ1) is 15.5. The Morgan fingerprint density at radius 1 is 0.938 bits per heavy atom. The third kappa shape index (κ3) is 5.94. The Hall–Kier alpha value is -3.66. The van der Waals surface area contributed by atoms with Gasteiger partial charge in [-0.1, -0.05) is 18.2 Å². The molecule has 0 spiro atoms. The molecule has 0 bridgehead atoms. The smallest absolute Gasteiger partial charge is 0.227 e. The van der Waals surface area contributed by atoms with Gasteiger partial charge in [0.15, 0.2) is 5.78 Å². The number of piperazine rings is 1. The second kappa shape index (κ2) is 11.1. The molecule has 0 aliphatic carbocycles. The minimum Gasteiger partial charge on any atom is -0.368 e. The van der Waals surface area contributed by atoms with E-state index in [1.54, 1.807) is 16.7 Å². The van der Waals surface area contributed by atoms with Crippen molar-refractivity contribution in [2.45, 2.75) is 26.2 Å². The molecule has 0 unspecified atom stereocenters. The number of hydrogen-bond acceptors (Lipinski definition) is 5. The van der Waals surface area contributed by atoms with Crippen molar-refractivity contribution in [1.82, 2.24) is 4.90 Å². The molecular formula is C25H28N4O3. The second-order valence-electron chi connectivity index (χ2n) is 7.76. The third-order valence-corrected chi connectivity index (χ3v) is 5.64. The predicted molar refractivity (Wildman–Crippen MR) is 123 cm³/mol. The van der Waals surface area contributed by atoms with E-state index in [1.165, 1.54) is 0 Å². The van der Waals surface area contributed by atoms with Crippen molar-refractivity contribution >= 4 is 29.0 Å². The van der Waals surface area contributed by atoms with Crippen molar-refractivity contribution in [2.24, 2.45) is 0 Å². The number of amides is 2. The van der Waals surface area contributed by atoms with Gasteiger partial charge in [0.2, 0.25) is 11.8 Å². The van der Waals surface area contributed by atoms with E-state index < -0.39 is 0 Å². The summed E-state index contributed by atoms with van der Waals surface area (Å²) in [7, 11) is 0. The average Bonchev–Trinajstić information content (AvgIpc) is 2.83. The molecule has 32 heavy (non-hydrogen) atoms. The summed E-state index contributed by atoms with van der Waals surface area (Å²) in [6.45, 7) is 4.47. The van der Waals surface area contributed by atoms with E-state index in [-0.39, 0.29) is 36.9 Å². The molecule has 0 N–H and O–H groups in total. The lowest BCUT2D eigenvalue weighted by Crippen LogP contribution is -2.49. The largest absolute Gasteiger partial charge is 0.368 e. The van der Waals surface area contributed by atoms with Gasteiger partial charge in [-0.2, -0.15) is 5.26 Å². The number of nitrogens with zero attached hydrogens (tertiary/aromatic N) is 4. The lowest BCUT2D eigenvalue weighted by atomic mass is 10.1. The molecule has 7 nitrogen and oxygen atoms in total. The molecule has 1 fully saturated rings. The average molecular weight is 433 g/mol. The lowest BCUT2D eigenvalue weighted by Gasteiger charge is -2.36. The Kier molecular flexibility index (Phi) is 7.98. The van der Waals surface area contributed by atoms with Crippen LogP contribution in [0.15, 0.2) is 54.6 Å². The van der Waals surface area contributed by atoms with Crippen LogP contribution in [0.4, 0.5) is 11.4 Å². The van der Waals surface area contributed by atoms with Gasteiger partial charge in [0.05, 0.1) is 12.5 Å². The molecule has 2 aromatic rings. The normalized spacial score (nSPS) is 13.4. The van der Waals surface area contributed by atoms with Crippen LogP contribution in [0.5, 0.6) is 0 Å². The Balaban J connectivity index is 1.50. The number of Topliss-reactive ketones (excluding diaryl/α,β-unsaturated/α-hetero) is 1. The van der Waals surface area contributed by atoms with Gasteiger partial charge in [0.25, 0.3) is 0 Å². The maximum Gasteiger partial charge on any atom is 0.227 e. The predicted octanol–water partition coefficient (Wildman–Crippen LogP) is 3.26. The number of carbonyl (C=O) groups excluding carboxylic acids is 3. The quantitative estimate of drug-likeness (QED) is 0.598. The van der Waals surface area contributed by atoms with Gasteiger partial charge in [-0.15, -0.1) is 0 Å². The van der Waals surface area contributed by atoms with Crippen LogP contribution in [0, 0.1) is 11.3 Å². The number of ketones is 1. The van der Waals surface area contributed by atoms with Crippen LogP contribution < -0.4 is 9.80 Å². The maximum absolute atomic E-state index is 12.8. The minimum atomic E-state index is -0.149. The molecule has 2 amide bonds. The lowest BCUT2D eigenvalue weighted by molar-refractivity contribution is -0.133. The van der Waals surface area contributed by atoms with Gasteiger partial charge in [-0.3, -0.25) is 14.4 Å². The number of hydrogen-bond donors (Lipinski definition) is 0. The number of para-hydroxylation sites is 1. The van der Waals surface area contributed by atoms with Crippen LogP contribution >= 0.6 is 0 Å². The summed E-state index contributed by atoms with van der Waals surface area (Å²) in [5, 5.41) is 8.91. The van der Waals surface area contributed by atoms with E-state index in [1.807, 2.05) is 54.6 Å². The molecule has 0 atom stereocenters. The van der Waals surface area contributed by atoms with Gasteiger partial charge in [0.1, 0.15) is 0 Å². The highest BCUT2D eigenvalue weighted by Crippen LogP contribution is 2.19. The fourth-order valence-electron chi connectivity index (χ4n) is 3.80. The molecule has 3 rings (SSSR count). The summed E-state index contributed by atoms with van der Waals surface area (Å²) < 4.78 is 0. The van der Waals surface area contributed by atoms with Gasteiger partial charge in [0, 0.05) is 62.5 Å². The number of carbonyl (C=O) groups is 3. The highest BCUT2D eigenvalue weighted by atomic mass is 16.2. The first kappa shape index (κ1) is 23.0. The molecule has 7 heteroatoms. The third-order valence-electron chi connectivity index (χ3n) is 5.64. The molecular weight excluding hydrogens is 404 g/mol. The number of rotatable bonds is 8. The van der Waals surface area contributed by atoms with E-state index in [9.17, 15) is 14.4 Å². The van der Waals surface area contributed by atoms with E-state index >= 15 is 0 Å². The van der Waals surface area contributed by atoms with Crippen molar-refractivity contribution < 1.29 is 14.4 Å². The van der Waals surface area contributed by atoms with Crippen LogP contribution in [0.2, 0.25) is 0 Å². The molecule has 1 aliphatic heterocycles. The summed E-state index contributed by atoms with van der Waals surface area (Å²) in [5.41, 5.74) is 2.46. The summed E-state index contributed by atoms with van der Waals surface area (Å²) in [6, 6.07) is 18.8. The Labute approximate surface area is 188 Å². The monoisotopic (exact) mass is 432 g/mol. The Morgan fingerprint density at radius 3 is 2.19 bits per heavy atom. The van der Waals surface area contributed by atoms with Crippen molar-refractivity contribution in [3.8, 4) is 6.07 Å². The van der Waals surface area contributed by atoms with E-state index in [2.05, 4.69) is 11.0 Å². The topological polar surface area (TPSA) is 84.7 Å². The summed E-state index contributed by atoms with van der Waals surface area (Å²) in [6.07, 6.45) is 0.512. The highest BCUT2D eigenvalue weighted by molar-refractivity contribution is 5.95. The fraction of sp³-hybridized carbons (Fsp3) is 0.360. The van der Waals surface area contributed by atoms with E-state index in [0.29, 0.717) is 38.3 Å². The fourth-order valence-corrected chi connectivity index (χ4v) is 3.80. The highest BCUT2D eigenvalue weighted by Gasteiger charge is 2.23. The molecule has 0 aromatic heterocycles. The number of anilines is 2. The molecule has 0 radical (unpaired) electrons. The van der Waals surface area contributed by atoms with Crippen LogP contribution in [-0.4, -0.2) is 55.2 Å². The summed E-state index contributed by atoms with van der Waals surface area (Å²) in [4.78, 5) is 42.5. The van der Waals surface area contributed by atoms with Gasteiger partial charge in [-0.05, 0) is 43.3 Å². The zero-order valence-electron chi connectivity index (χ0n) is 18.4. The van der Waals surface area contributed by atoms with Crippen molar-refractivity contribution in [2.75, 3.05) is 42.5 Å². The summed E-state index contributed by atoms with van der Waals surface area (Å²) in [5.74, 6) is -0.137. The SMILES string of the molecule is CC(=O)c1ccc(N2CCN(C(=O)CCC(=O)N(CCC#N)c3ccccc3)CC2)cc1. The van der Waals surface area contributed by atoms with Crippen LogP contribution in [0.25, 0.3) is 0 Å². The zero-order chi connectivity index (χ0) is 22.9. The Morgan fingerprint density at radius 2 is 1.59 bits per heavy atom. The molecule has 0 saturated carbocycles. The van der Waals surface area contributed by atoms with Crippen molar-refractivity contribution in [1.29, 1.82) is 5.26 Å². The van der Waals surface area contributed by atoms with Crippen LogP contribution in [0.1, 0.15) is 36.5 Å². The zero-order valence-corrected chi connectivity index (χ0v) is 18.4. The summed E-state index contributed by atoms with van der Waals surface area (Å²) >= 11 is 0. The number of nitriles is 1. The molecule has 2 aromatic carbocycles. The van der Waals surface area contributed by atoms with Gasteiger partial charge < -0.3 is 14.7 Å². The first-order valence-electron chi connectivity index (χ1n) is 10.9. The Bertz CT molecular complexity index is 974. The van der Waals surface area contributed by atoms with Gasteiger partial charge >= 0.3 is 0 Å². The molecule has 1 saturated heterocycles. The standard InChI is InChI=1S/C25H28N4O3/c1-20(30)21-8-10-22(11-9-21)27-16-18-28(19-17-27)24(31)12-13-25(32)29(15-5-14-26)23-6-3-2-4-7-23/h2-4,6-11H,5,12-13,15-19H2,1H3. The number of benzene rings is 2. The van der Waals surface area contributed by atoms with Crippen molar-refractivity contribution in [3.05, 3.63) is 60.2 Å². The maximum atomic E-state index is 12.8.